The van der Waals surface area contributed by atoms with Gasteiger partial charge in [-0.3, -0.25) is 4.79 Å². The number of unbranched alkanes of at least 4 members (excludes halogenated alkanes) is 2. The van der Waals surface area contributed by atoms with Gasteiger partial charge in [-0.15, -0.1) is 0 Å². The smallest absolute Gasteiger partial charge is 0.307 e. The largest absolute Gasteiger partial charge is 0.459 e. The molecular formula is C17H20N2O2. The van der Waals surface area contributed by atoms with Gasteiger partial charge in [0.2, 0.25) is 0 Å². The van der Waals surface area contributed by atoms with Crippen molar-refractivity contribution in [3.05, 3.63) is 60.1 Å². The van der Waals surface area contributed by atoms with Crippen molar-refractivity contribution >= 4 is 11.6 Å². The summed E-state index contributed by atoms with van der Waals surface area (Å²) in [6.45, 7) is 2.16. The Hall–Kier alpha value is -2.36. The standard InChI is InChI=1S/C17H20N2O2/c1-2-3-5-11-15(14-9-6-4-7-10-14)18-19-17(20)16-12-8-13-21-16/h4,6-10,12-13H,2-3,5,11H2,1H3,(H,19,20)/b18-15-. The van der Waals surface area contributed by atoms with Crippen molar-refractivity contribution in [1.82, 2.24) is 5.43 Å². The summed E-state index contributed by atoms with van der Waals surface area (Å²) in [4.78, 5) is 11.9. The molecule has 0 aliphatic heterocycles. The van der Waals surface area contributed by atoms with Gasteiger partial charge in [0.25, 0.3) is 0 Å². The van der Waals surface area contributed by atoms with Gasteiger partial charge in [-0.25, -0.2) is 5.43 Å². The van der Waals surface area contributed by atoms with Gasteiger partial charge in [-0.05, 0) is 30.5 Å². The fraction of sp³-hybridized carbons (Fsp3) is 0.294. The molecule has 0 atom stereocenters. The number of benzene rings is 1. The monoisotopic (exact) mass is 284 g/mol. The molecule has 4 nitrogen and oxygen atoms in total. The Morgan fingerprint density at radius 2 is 1.95 bits per heavy atom. The molecular weight excluding hydrogens is 264 g/mol. The van der Waals surface area contributed by atoms with Gasteiger partial charge in [0.05, 0.1) is 12.0 Å². The molecule has 4 heteroatoms. The summed E-state index contributed by atoms with van der Waals surface area (Å²) < 4.78 is 5.05. The minimum atomic E-state index is -0.330. The molecule has 2 aromatic rings. The molecule has 0 saturated carbocycles. The second-order valence-electron chi connectivity index (χ2n) is 4.80. The highest BCUT2D eigenvalue weighted by atomic mass is 16.3. The van der Waals surface area contributed by atoms with Crippen LogP contribution in [-0.2, 0) is 0 Å². The van der Waals surface area contributed by atoms with Crippen molar-refractivity contribution in [3.63, 3.8) is 0 Å². The average Bonchev–Trinajstić information content (AvgIpc) is 3.06. The maximum absolute atomic E-state index is 11.9. The third kappa shape index (κ3) is 4.60. The zero-order valence-electron chi connectivity index (χ0n) is 12.2. The fourth-order valence-corrected chi connectivity index (χ4v) is 2.02. The molecule has 110 valence electrons. The van der Waals surface area contributed by atoms with Crippen molar-refractivity contribution in [1.29, 1.82) is 0 Å². The first-order valence-electron chi connectivity index (χ1n) is 7.27. The number of rotatable bonds is 7. The maximum atomic E-state index is 11.9. The second-order valence-corrected chi connectivity index (χ2v) is 4.80. The molecule has 0 spiro atoms. The molecule has 21 heavy (non-hydrogen) atoms. The number of carbonyl (C=O) groups excluding carboxylic acids is 1. The van der Waals surface area contributed by atoms with E-state index in [1.807, 2.05) is 30.3 Å². The molecule has 1 N–H and O–H groups in total. The summed E-state index contributed by atoms with van der Waals surface area (Å²) in [6, 6.07) is 13.2. The molecule has 0 radical (unpaired) electrons. The summed E-state index contributed by atoms with van der Waals surface area (Å²) in [6.07, 6.45) is 5.67. The number of hydrogen-bond donors (Lipinski definition) is 1. The van der Waals surface area contributed by atoms with Crippen molar-refractivity contribution < 1.29 is 9.21 Å². The lowest BCUT2D eigenvalue weighted by molar-refractivity contribution is 0.0927. The molecule has 0 bridgehead atoms. The van der Waals surface area contributed by atoms with Crippen LogP contribution in [0.2, 0.25) is 0 Å². The number of amides is 1. The van der Waals surface area contributed by atoms with Gasteiger partial charge < -0.3 is 4.42 Å². The van der Waals surface area contributed by atoms with Gasteiger partial charge in [-0.1, -0.05) is 50.1 Å². The predicted molar refractivity (Wildman–Crippen MR) is 83.3 cm³/mol. The Morgan fingerprint density at radius 1 is 1.14 bits per heavy atom. The van der Waals surface area contributed by atoms with Crippen LogP contribution in [-0.4, -0.2) is 11.6 Å². The van der Waals surface area contributed by atoms with Crippen molar-refractivity contribution in [3.8, 4) is 0 Å². The predicted octanol–water partition coefficient (Wildman–Crippen LogP) is 3.99. The van der Waals surface area contributed by atoms with Crippen molar-refractivity contribution in [2.75, 3.05) is 0 Å². The average molecular weight is 284 g/mol. The highest BCUT2D eigenvalue weighted by molar-refractivity contribution is 6.01. The summed E-state index contributed by atoms with van der Waals surface area (Å²) in [7, 11) is 0. The summed E-state index contributed by atoms with van der Waals surface area (Å²) in [5.74, 6) is -0.0661. The molecule has 0 saturated heterocycles. The van der Waals surface area contributed by atoms with Crippen LogP contribution in [0.15, 0.2) is 58.2 Å². The number of carbonyl (C=O) groups is 1. The minimum Gasteiger partial charge on any atom is -0.459 e. The van der Waals surface area contributed by atoms with E-state index in [9.17, 15) is 4.79 Å². The Labute approximate surface area is 124 Å². The van der Waals surface area contributed by atoms with Crippen LogP contribution in [0, 0.1) is 0 Å². The van der Waals surface area contributed by atoms with E-state index in [4.69, 9.17) is 4.42 Å². The minimum absolute atomic E-state index is 0.264. The third-order valence-corrected chi connectivity index (χ3v) is 3.16. The SMILES string of the molecule is CCCCC/C(=N/NC(=O)c1ccco1)c1ccccc1. The zero-order valence-corrected chi connectivity index (χ0v) is 12.2. The zero-order chi connectivity index (χ0) is 14.9. The van der Waals surface area contributed by atoms with Gasteiger partial charge >= 0.3 is 5.91 Å². The van der Waals surface area contributed by atoms with Crippen molar-refractivity contribution in [2.45, 2.75) is 32.6 Å². The van der Waals surface area contributed by atoms with Crippen LogP contribution in [0.3, 0.4) is 0 Å². The molecule has 0 aliphatic carbocycles. The molecule has 1 heterocycles. The van der Waals surface area contributed by atoms with E-state index in [0.717, 1.165) is 37.0 Å². The number of furan rings is 1. The lowest BCUT2D eigenvalue weighted by Crippen LogP contribution is -2.19. The summed E-state index contributed by atoms with van der Waals surface area (Å²) in [5.41, 5.74) is 4.49. The van der Waals surface area contributed by atoms with Crippen LogP contribution in [0.1, 0.15) is 48.7 Å². The van der Waals surface area contributed by atoms with Gasteiger partial charge in [0.1, 0.15) is 0 Å². The van der Waals surface area contributed by atoms with E-state index in [1.165, 1.54) is 6.26 Å². The van der Waals surface area contributed by atoms with E-state index in [1.54, 1.807) is 12.1 Å². The van der Waals surface area contributed by atoms with Crippen LogP contribution < -0.4 is 5.43 Å². The van der Waals surface area contributed by atoms with Crippen molar-refractivity contribution in [2.24, 2.45) is 5.10 Å². The van der Waals surface area contributed by atoms with E-state index in [-0.39, 0.29) is 11.7 Å². The van der Waals surface area contributed by atoms with E-state index in [2.05, 4.69) is 17.5 Å². The Balaban J connectivity index is 2.07. The first kappa shape index (κ1) is 15.0. The lowest BCUT2D eigenvalue weighted by Gasteiger charge is -2.07. The van der Waals surface area contributed by atoms with Crippen LogP contribution in [0.25, 0.3) is 0 Å². The fourth-order valence-electron chi connectivity index (χ4n) is 2.02. The van der Waals surface area contributed by atoms with E-state index in [0.29, 0.717) is 0 Å². The highest BCUT2D eigenvalue weighted by Gasteiger charge is 2.08. The molecule has 2 rings (SSSR count). The Morgan fingerprint density at radius 3 is 2.62 bits per heavy atom. The molecule has 1 amide bonds. The lowest BCUT2D eigenvalue weighted by atomic mass is 10.0. The summed E-state index contributed by atoms with van der Waals surface area (Å²) >= 11 is 0. The van der Waals surface area contributed by atoms with Gasteiger partial charge in [0.15, 0.2) is 5.76 Å². The van der Waals surface area contributed by atoms with Crippen LogP contribution in [0.4, 0.5) is 0 Å². The van der Waals surface area contributed by atoms with E-state index >= 15 is 0 Å². The number of hydrogen-bond acceptors (Lipinski definition) is 3. The van der Waals surface area contributed by atoms with Crippen LogP contribution in [0.5, 0.6) is 0 Å². The molecule has 0 unspecified atom stereocenters. The number of nitrogens with one attached hydrogen (secondary N) is 1. The first-order chi connectivity index (χ1) is 10.3. The molecule has 0 fully saturated rings. The first-order valence-corrected chi connectivity index (χ1v) is 7.27. The third-order valence-electron chi connectivity index (χ3n) is 3.16. The van der Waals surface area contributed by atoms with Gasteiger partial charge in [-0.2, -0.15) is 5.10 Å². The molecule has 1 aromatic carbocycles. The van der Waals surface area contributed by atoms with Gasteiger partial charge in [0, 0.05) is 0 Å². The number of nitrogens with zero attached hydrogens (tertiary/aromatic N) is 1. The second kappa shape index (κ2) is 8.04. The Bertz CT molecular complexity index is 574. The maximum Gasteiger partial charge on any atom is 0.307 e. The van der Waals surface area contributed by atoms with Crippen LogP contribution >= 0.6 is 0 Å². The normalized spacial score (nSPS) is 11.4. The van der Waals surface area contributed by atoms with E-state index < -0.39 is 0 Å². The number of hydrazone groups is 1. The quantitative estimate of drug-likeness (QED) is 0.475. The molecule has 1 aromatic heterocycles. The Kier molecular flexibility index (Phi) is 5.76. The summed E-state index contributed by atoms with van der Waals surface area (Å²) in [5, 5.41) is 4.28. The highest BCUT2D eigenvalue weighted by Crippen LogP contribution is 2.09. The topological polar surface area (TPSA) is 54.6 Å². The molecule has 0 aliphatic rings.